The van der Waals surface area contributed by atoms with Crippen molar-refractivity contribution in [1.29, 1.82) is 0 Å². The molecular formula is C23H17Cl2N3O3S. The van der Waals surface area contributed by atoms with Crippen molar-refractivity contribution in [3.63, 3.8) is 0 Å². The molecule has 6 nitrogen and oxygen atoms in total. The lowest BCUT2D eigenvalue weighted by Gasteiger charge is -2.10. The second-order valence-electron chi connectivity index (χ2n) is 7.25. The number of hydrogen-bond donors (Lipinski definition) is 1. The molecule has 32 heavy (non-hydrogen) atoms. The predicted octanol–water partition coefficient (Wildman–Crippen LogP) is 6.02. The lowest BCUT2D eigenvalue weighted by molar-refractivity contribution is -0.115. The summed E-state index contributed by atoms with van der Waals surface area (Å²) in [7, 11) is 0. The monoisotopic (exact) mass is 485 g/mol. The molecule has 1 amide bonds. The maximum absolute atomic E-state index is 12.6. The van der Waals surface area contributed by atoms with Crippen LogP contribution in [-0.2, 0) is 4.79 Å². The first-order chi connectivity index (χ1) is 15.4. The van der Waals surface area contributed by atoms with E-state index in [9.17, 15) is 4.79 Å². The first-order valence-electron chi connectivity index (χ1n) is 9.73. The molecule has 0 bridgehead atoms. The lowest BCUT2D eigenvalue weighted by atomic mass is 10.2. The van der Waals surface area contributed by atoms with E-state index < -0.39 is 0 Å². The number of amides is 1. The highest BCUT2D eigenvalue weighted by Crippen LogP contribution is 2.37. The molecule has 3 aromatic rings. The molecule has 0 atom stereocenters. The van der Waals surface area contributed by atoms with Gasteiger partial charge in [0.15, 0.2) is 16.7 Å². The number of nitrogens with one attached hydrogen (secondary N) is 1. The van der Waals surface area contributed by atoms with E-state index in [0.29, 0.717) is 25.8 Å². The molecule has 0 radical (unpaired) electrons. The minimum absolute atomic E-state index is 0.209. The second kappa shape index (κ2) is 8.24. The molecule has 1 N–H and O–H groups in total. The fraction of sp³-hybridized carbons (Fsp3) is 0.130. The van der Waals surface area contributed by atoms with E-state index in [-0.39, 0.29) is 12.7 Å². The summed E-state index contributed by atoms with van der Waals surface area (Å²) in [5.41, 5.74) is 4.46. The largest absolute Gasteiger partial charge is 0.454 e. The Hall–Kier alpha value is -2.87. The van der Waals surface area contributed by atoms with Gasteiger partial charge < -0.3 is 19.4 Å². The normalized spacial score (nSPS) is 17.4. The highest BCUT2D eigenvalue weighted by atomic mass is 35.5. The van der Waals surface area contributed by atoms with Gasteiger partial charge in [-0.15, -0.1) is 0 Å². The fourth-order valence-electron chi connectivity index (χ4n) is 3.67. The maximum atomic E-state index is 12.6. The molecule has 1 fully saturated rings. The number of fused-ring (bicyclic) bond motifs is 1. The fourth-order valence-corrected chi connectivity index (χ4v) is 4.83. The zero-order valence-electron chi connectivity index (χ0n) is 17.1. The van der Waals surface area contributed by atoms with E-state index in [2.05, 4.69) is 14.9 Å². The second-order valence-corrected chi connectivity index (χ2v) is 9.07. The highest BCUT2D eigenvalue weighted by molar-refractivity contribution is 8.18. The molecule has 0 unspecified atom stereocenters. The van der Waals surface area contributed by atoms with Gasteiger partial charge in [-0.25, -0.2) is 4.99 Å². The summed E-state index contributed by atoms with van der Waals surface area (Å²) in [4.78, 5) is 17.5. The van der Waals surface area contributed by atoms with Crippen LogP contribution < -0.4 is 14.8 Å². The van der Waals surface area contributed by atoms with Crippen molar-refractivity contribution in [2.24, 2.45) is 4.99 Å². The number of aliphatic imine (C=N–C) groups is 1. The number of carbonyl (C=O) groups is 1. The van der Waals surface area contributed by atoms with Crippen LogP contribution in [-0.4, -0.2) is 22.4 Å². The molecule has 1 aromatic heterocycles. The predicted molar refractivity (Wildman–Crippen MR) is 129 cm³/mol. The third-order valence-electron chi connectivity index (χ3n) is 5.18. The number of ether oxygens (including phenoxy) is 2. The number of benzene rings is 2. The molecule has 0 saturated carbocycles. The van der Waals surface area contributed by atoms with Crippen molar-refractivity contribution in [3.05, 3.63) is 74.4 Å². The van der Waals surface area contributed by atoms with E-state index in [1.807, 2.05) is 44.2 Å². The zero-order valence-corrected chi connectivity index (χ0v) is 19.4. The summed E-state index contributed by atoms with van der Waals surface area (Å²) in [5, 5.41) is 4.00. The van der Waals surface area contributed by atoms with Crippen LogP contribution in [0.25, 0.3) is 11.8 Å². The third kappa shape index (κ3) is 3.77. The number of hydrogen-bond acceptors (Lipinski definition) is 5. The third-order valence-corrected chi connectivity index (χ3v) is 6.89. The summed E-state index contributed by atoms with van der Waals surface area (Å²) in [6.07, 6.45) is 1.87. The molecule has 162 valence electrons. The minimum atomic E-state index is -0.209. The van der Waals surface area contributed by atoms with E-state index in [1.54, 1.807) is 18.2 Å². The molecule has 2 aromatic carbocycles. The van der Waals surface area contributed by atoms with Crippen LogP contribution in [0.4, 0.5) is 5.69 Å². The quantitative estimate of drug-likeness (QED) is 0.460. The first-order valence-corrected chi connectivity index (χ1v) is 11.3. The van der Waals surface area contributed by atoms with Gasteiger partial charge in [0.25, 0.3) is 5.91 Å². The van der Waals surface area contributed by atoms with E-state index in [4.69, 9.17) is 32.7 Å². The summed E-state index contributed by atoms with van der Waals surface area (Å²) in [6, 6.07) is 13.1. The number of aryl methyl sites for hydroxylation is 1. The van der Waals surface area contributed by atoms with Gasteiger partial charge in [0.2, 0.25) is 6.79 Å². The van der Waals surface area contributed by atoms with Crippen molar-refractivity contribution in [3.8, 4) is 17.2 Å². The number of amidine groups is 1. The zero-order chi connectivity index (χ0) is 22.4. The SMILES string of the molecule is Cc1cc(C=C2SC(=Nc3cccc(Cl)c3Cl)NC2=O)c(C)n1-c1ccc2c(c1)OCO2. The minimum Gasteiger partial charge on any atom is -0.454 e. The van der Waals surface area contributed by atoms with Gasteiger partial charge in [-0.3, -0.25) is 4.79 Å². The van der Waals surface area contributed by atoms with Gasteiger partial charge in [0.1, 0.15) is 0 Å². The Bertz CT molecular complexity index is 1330. The molecule has 3 heterocycles. The van der Waals surface area contributed by atoms with Crippen LogP contribution in [0.5, 0.6) is 11.5 Å². The van der Waals surface area contributed by atoms with Gasteiger partial charge in [-0.05, 0) is 67.6 Å². The van der Waals surface area contributed by atoms with Crippen molar-refractivity contribution in [2.45, 2.75) is 13.8 Å². The van der Waals surface area contributed by atoms with Crippen LogP contribution in [0.3, 0.4) is 0 Å². The summed E-state index contributed by atoms with van der Waals surface area (Å²) in [6.45, 7) is 4.27. The van der Waals surface area contributed by atoms with Gasteiger partial charge in [0, 0.05) is 23.1 Å². The average molecular weight is 486 g/mol. The van der Waals surface area contributed by atoms with Gasteiger partial charge in [-0.1, -0.05) is 29.3 Å². The van der Waals surface area contributed by atoms with E-state index >= 15 is 0 Å². The topological polar surface area (TPSA) is 64.9 Å². The number of carbonyl (C=O) groups excluding carboxylic acids is 1. The number of thioether (sulfide) groups is 1. The molecule has 0 spiro atoms. The van der Waals surface area contributed by atoms with Crippen LogP contribution in [0, 0.1) is 13.8 Å². The number of aromatic nitrogens is 1. The maximum Gasteiger partial charge on any atom is 0.264 e. The van der Waals surface area contributed by atoms with Gasteiger partial charge in [-0.2, -0.15) is 0 Å². The molecule has 2 aliphatic heterocycles. The van der Waals surface area contributed by atoms with Crippen LogP contribution in [0.2, 0.25) is 10.0 Å². The van der Waals surface area contributed by atoms with Crippen molar-refractivity contribution in [1.82, 2.24) is 9.88 Å². The Morgan fingerprint density at radius 1 is 1.12 bits per heavy atom. The molecular weight excluding hydrogens is 469 g/mol. The van der Waals surface area contributed by atoms with Crippen molar-refractivity contribution in [2.75, 3.05) is 6.79 Å². The molecule has 9 heteroatoms. The Balaban J connectivity index is 1.45. The number of rotatable bonds is 3. The van der Waals surface area contributed by atoms with Crippen LogP contribution >= 0.6 is 35.0 Å². The van der Waals surface area contributed by atoms with E-state index in [0.717, 1.165) is 34.1 Å². The molecule has 5 rings (SSSR count). The van der Waals surface area contributed by atoms with Gasteiger partial charge in [0.05, 0.1) is 20.6 Å². The summed E-state index contributed by atoms with van der Waals surface area (Å²) in [5.74, 6) is 1.25. The Morgan fingerprint density at radius 3 is 2.78 bits per heavy atom. The summed E-state index contributed by atoms with van der Waals surface area (Å²) < 4.78 is 13.0. The van der Waals surface area contributed by atoms with Crippen molar-refractivity contribution >= 4 is 57.8 Å². The molecule has 1 saturated heterocycles. The van der Waals surface area contributed by atoms with Crippen LogP contribution in [0.15, 0.2) is 52.4 Å². The Labute approximate surface area is 198 Å². The number of halogens is 2. The standard InChI is InChI=1S/C23H17Cl2N3O3S/c1-12-8-14(13(2)28(12)15-6-7-18-19(10-15)31-11-30-18)9-20-22(29)27-23(32-20)26-17-5-3-4-16(24)21(17)25/h3-10H,11H2,1-2H3,(H,26,27,29). The number of nitrogens with zero attached hydrogens (tertiary/aromatic N) is 2. The van der Waals surface area contributed by atoms with E-state index in [1.165, 1.54) is 11.8 Å². The first kappa shape index (κ1) is 21.0. The Morgan fingerprint density at radius 2 is 1.94 bits per heavy atom. The summed E-state index contributed by atoms with van der Waals surface area (Å²) >= 11 is 13.5. The molecule has 2 aliphatic rings. The average Bonchev–Trinajstić information content (AvgIpc) is 3.43. The highest BCUT2D eigenvalue weighted by Gasteiger charge is 2.25. The van der Waals surface area contributed by atoms with Crippen molar-refractivity contribution < 1.29 is 14.3 Å². The van der Waals surface area contributed by atoms with Gasteiger partial charge >= 0.3 is 0 Å². The smallest absolute Gasteiger partial charge is 0.264 e. The molecule has 0 aliphatic carbocycles. The Kier molecular flexibility index (Phi) is 5.41. The lowest BCUT2D eigenvalue weighted by Crippen LogP contribution is -2.19. The van der Waals surface area contributed by atoms with Crippen LogP contribution in [0.1, 0.15) is 17.0 Å².